The molecular weight excluding hydrogens is 274 g/mol. The van der Waals surface area contributed by atoms with Crippen molar-refractivity contribution in [2.45, 2.75) is 26.3 Å². The first-order chi connectivity index (χ1) is 10.4. The quantitative estimate of drug-likeness (QED) is 0.851. The molecule has 0 radical (unpaired) electrons. The summed E-state index contributed by atoms with van der Waals surface area (Å²) >= 11 is 0. The van der Waals surface area contributed by atoms with E-state index in [0.29, 0.717) is 11.5 Å². The van der Waals surface area contributed by atoms with Crippen molar-refractivity contribution < 1.29 is 5.21 Å². The molecule has 0 fully saturated rings. The monoisotopic (exact) mass is 293 g/mol. The van der Waals surface area contributed by atoms with Crippen LogP contribution in [-0.2, 0) is 0 Å². The van der Waals surface area contributed by atoms with Crippen molar-refractivity contribution in [3.05, 3.63) is 59.9 Å². The Morgan fingerprint density at radius 3 is 2.55 bits per heavy atom. The predicted octanol–water partition coefficient (Wildman–Crippen LogP) is 4.00. The van der Waals surface area contributed by atoms with Gasteiger partial charge in [-0.15, -0.1) is 0 Å². The van der Waals surface area contributed by atoms with Gasteiger partial charge in [0.2, 0.25) is 0 Å². The molecule has 0 unspecified atom stereocenters. The first kappa shape index (κ1) is 14.5. The minimum absolute atomic E-state index is 0.376. The molecule has 0 atom stereocenters. The maximum absolute atomic E-state index is 10.0. The number of fused-ring (bicyclic) bond motifs is 1. The first-order valence-electron chi connectivity index (χ1n) is 7.26. The molecule has 1 N–H and O–H groups in total. The van der Waals surface area contributed by atoms with Crippen LogP contribution in [-0.4, -0.2) is 27.9 Å². The molecular formula is C18H19N3O. The van der Waals surface area contributed by atoms with Gasteiger partial charge in [0, 0.05) is 5.56 Å². The second-order valence-electron chi connectivity index (χ2n) is 6.29. The number of benzene rings is 2. The molecule has 2 aromatic carbocycles. The SMILES string of the molecule is CC(C)(C)N(O)/C=C1\C=NC(c2cccc3ccccc23)=N1. The summed E-state index contributed by atoms with van der Waals surface area (Å²) in [4.78, 5) is 8.91. The highest BCUT2D eigenvalue weighted by Crippen LogP contribution is 2.22. The smallest absolute Gasteiger partial charge is 0.160 e. The molecule has 0 bridgehead atoms. The minimum atomic E-state index is -0.376. The third kappa shape index (κ3) is 2.78. The van der Waals surface area contributed by atoms with Gasteiger partial charge in [-0.1, -0.05) is 42.5 Å². The molecule has 0 saturated carbocycles. The Hall–Kier alpha value is -2.46. The van der Waals surface area contributed by atoms with E-state index in [1.54, 1.807) is 12.4 Å². The molecule has 1 heterocycles. The fourth-order valence-corrected chi connectivity index (χ4v) is 2.24. The minimum Gasteiger partial charge on any atom is -0.288 e. The second-order valence-corrected chi connectivity index (χ2v) is 6.29. The van der Waals surface area contributed by atoms with Gasteiger partial charge in [0.05, 0.1) is 18.0 Å². The molecule has 22 heavy (non-hydrogen) atoms. The van der Waals surface area contributed by atoms with Crippen LogP contribution in [0.25, 0.3) is 10.8 Å². The lowest BCUT2D eigenvalue weighted by atomic mass is 10.0. The van der Waals surface area contributed by atoms with Crippen LogP contribution in [0.2, 0.25) is 0 Å². The van der Waals surface area contributed by atoms with Crippen molar-refractivity contribution in [3.63, 3.8) is 0 Å². The van der Waals surface area contributed by atoms with E-state index in [0.717, 1.165) is 21.4 Å². The number of nitrogens with zero attached hydrogens (tertiary/aromatic N) is 3. The van der Waals surface area contributed by atoms with Gasteiger partial charge in [-0.3, -0.25) is 10.3 Å². The van der Waals surface area contributed by atoms with Gasteiger partial charge in [0.1, 0.15) is 5.70 Å². The van der Waals surface area contributed by atoms with Crippen LogP contribution in [0.5, 0.6) is 0 Å². The largest absolute Gasteiger partial charge is 0.288 e. The topological polar surface area (TPSA) is 48.2 Å². The number of amidine groups is 1. The first-order valence-corrected chi connectivity index (χ1v) is 7.26. The highest BCUT2D eigenvalue weighted by atomic mass is 16.5. The van der Waals surface area contributed by atoms with Crippen LogP contribution in [0, 0.1) is 0 Å². The van der Waals surface area contributed by atoms with E-state index >= 15 is 0 Å². The number of hydroxylamine groups is 2. The molecule has 112 valence electrons. The van der Waals surface area contributed by atoms with Crippen molar-refractivity contribution in [1.82, 2.24) is 5.06 Å². The summed E-state index contributed by atoms with van der Waals surface area (Å²) in [5.41, 5.74) is 1.26. The summed E-state index contributed by atoms with van der Waals surface area (Å²) in [6, 6.07) is 14.3. The van der Waals surface area contributed by atoms with Crippen molar-refractivity contribution >= 4 is 22.8 Å². The molecule has 0 aliphatic carbocycles. The average molecular weight is 293 g/mol. The lowest BCUT2D eigenvalue weighted by Gasteiger charge is -2.27. The van der Waals surface area contributed by atoms with Crippen LogP contribution < -0.4 is 0 Å². The number of hydrogen-bond acceptors (Lipinski definition) is 4. The molecule has 0 aromatic heterocycles. The molecule has 1 aliphatic rings. The third-order valence-corrected chi connectivity index (χ3v) is 3.53. The van der Waals surface area contributed by atoms with Crippen molar-refractivity contribution in [1.29, 1.82) is 0 Å². The second kappa shape index (κ2) is 5.39. The standard InChI is InChI=1S/C18H19N3O/c1-18(2,3)21(22)12-14-11-19-17(20-14)16-10-6-8-13-7-4-5-9-15(13)16/h4-12,22H,1-3H3/b14-12+. The zero-order valence-corrected chi connectivity index (χ0v) is 13.0. The zero-order chi connectivity index (χ0) is 15.7. The third-order valence-electron chi connectivity index (χ3n) is 3.53. The molecule has 0 amide bonds. The molecule has 0 spiro atoms. The summed E-state index contributed by atoms with van der Waals surface area (Å²) < 4.78 is 0. The Balaban J connectivity index is 1.99. The fourth-order valence-electron chi connectivity index (χ4n) is 2.24. The maximum Gasteiger partial charge on any atom is 0.160 e. The van der Waals surface area contributed by atoms with Gasteiger partial charge in [-0.25, -0.2) is 9.98 Å². The number of hydrogen-bond donors (Lipinski definition) is 1. The van der Waals surface area contributed by atoms with Gasteiger partial charge >= 0.3 is 0 Å². The summed E-state index contributed by atoms with van der Waals surface area (Å²) in [5, 5.41) is 13.4. The summed E-state index contributed by atoms with van der Waals surface area (Å²) in [7, 11) is 0. The van der Waals surface area contributed by atoms with Crippen LogP contribution >= 0.6 is 0 Å². The molecule has 1 aliphatic heterocycles. The molecule has 0 saturated heterocycles. The number of rotatable bonds is 2. The lowest BCUT2D eigenvalue weighted by Crippen LogP contribution is -2.34. The van der Waals surface area contributed by atoms with Crippen LogP contribution in [0.15, 0.2) is 64.3 Å². The highest BCUT2D eigenvalue weighted by molar-refractivity contribution is 6.16. The molecule has 4 nitrogen and oxygen atoms in total. The Morgan fingerprint density at radius 1 is 1.05 bits per heavy atom. The Labute approximate surface area is 130 Å². The molecule has 4 heteroatoms. The van der Waals surface area contributed by atoms with E-state index in [9.17, 15) is 5.21 Å². The van der Waals surface area contributed by atoms with Crippen molar-refractivity contribution in [3.8, 4) is 0 Å². The summed E-state index contributed by atoms with van der Waals surface area (Å²) in [6.45, 7) is 5.77. The van der Waals surface area contributed by atoms with E-state index in [4.69, 9.17) is 0 Å². The Morgan fingerprint density at radius 2 is 1.77 bits per heavy atom. The van der Waals surface area contributed by atoms with E-state index in [-0.39, 0.29) is 5.54 Å². The highest BCUT2D eigenvalue weighted by Gasteiger charge is 2.18. The Bertz CT molecular complexity index is 792. The number of allylic oxidation sites excluding steroid dienone is 1. The lowest BCUT2D eigenvalue weighted by molar-refractivity contribution is -0.110. The van der Waals surface area contributed by atoms with Gasteiger partial charge < -0.3 is 0 Å². The maximum atomic E-state index is 10.0. The summed E-state index contributed by atoms with van der Waals surface area (Å²) in [5.74, 6) is 0.672. The normalized spacial score (nSPS) is 16.4. The van der Waals surface area contributed by atoms with Crippen LogP contribution in [0.3, 0.4) is 0 Å². The van der Waals surface area contributed by atoms with Crippen LogP contribution in [0.4, 0.5) is 0 Å². The van der Waals surface area contributed by atoms with Crippen molar-refractivity contribution in [2.75, 3.05) is 0 Å². The molecule has 2 aromatic rings. The van der Waals surface area contributed by atoms with Crippen LogP contribution in [0.1, 0.15) is 26.3 Å². The van der Waals surface area contributed by atoms with Gasteiger partial charge in [-0.2, -0.15) is 0 Å². The van der Waals surface area contributed by atoms with Gasteiger partial charge in [0.15, 0.2) is 5.84 Å². The zero-order valence-electron chi connectivity index (χ0n) is 13.0. The van der Waals surface area contributed by atoms with E-state index in [1.807, 2.05) is 45.0 Å². The van der Waals surface area contributed by atoms with Gasteiger partial charge in [0.25, 0.3) is 0 Å². The number of aliphatic imine (C=N–C) groups is 2. The average Bonchev–Trinajstić information content (AvgIpc) is 2.94. The van der Waals surface area contributed by atoms with Crippen molar-refractivity contribution in [2.24, 2.45) is 9.98 Å². The fraction of sp³-hybridized carbons (Fsp3) is 0.222. The van der Waals surface area contributed by atoms with E-state index < -0.39 is 0 Å². The predicted molar refractivity (Wildman–Crippen MR) is 90.4 cm³/mol. The van der Waals surface area contributed by atoms with E-state index in [2.05, 4.69) is 28.2 Å². The van der Waals surface area contributed by atoms with E-state index in [1.165, 1.54) is 0 Å². The summed E-state index contributed by atoms with van der Waals surface area (Å²) in [6.07, 6.45) is 3.27. The van der Waals surface area contributed by atoms with Gasteiger partial charge in [-0.05, 0) is 31.5 Å². The Kier molecular flexibility index (Phi) is 3.54. The molecule has 3 rings (SSSR count).